The molecule has 0 aliphatic carbocycles. The van der Waals surface area contributed by atoms with Crippen LogP contribution in [0.3, 0.4) is 0 Å². The minimum atomic E-state index is -1.90. The lowest BCUT2D eigenvalue weighted by atomic mass is 9.97. The molecular formula is C19H30O15. The van der Waals surface area contributed by atoms with E-state index in [1.807, 2.05) is 0 Å². The van der Waals surface area contributed by atoms with E-state index in [0.717, 1.165) is 0 Å². The van der Waals surface area contributed by atoms with Gasteiger partial charge in [0.15, 0.2) is 25.0 Å². The molecule has 0 spiro atoms. The van der Waals surface area contributed by atoms with E-state index >= 15 is 0 Å². The van der Waals surface area contributed by atoms with Gasteiger partial charge in [-0.1, -0.05) is 0 Å². The number of methoxy groups -OCH3 is 1. The topological polar surface area (TPSA) is 227 Å². The Morgan fingerprint density at radius 3 is 2.09 bits per heavy atom. The van der Waals surface area contributed by atoms with Gasteiger partial charge in [0.1, 0.15) is 61.0 Å². The van der Waals surface area contributed by atoms with Crippen LogP contribution in [0.1, 0.15) is 6.92 Å². The van der Waals surface area contributed by atoms with Crippen molar-refractivity contribution in [1.29, 1.82) is 0 Å². The van der Waals surface area contributed by atoms with Crippen molar-refractivity contribution in [3.05, 3.63) is 0 Å². The van der Waals surface area contributed by atoms with Gasteiger partial charge in [0, 0.05) is 7.11 Å². The van der Waals surface area contributed by atoms with Gasteiger partial charge in [-0.05, 0) is 6.92 Å². The fraction of sp³-hybridized carbons (Fsp3) is 0.947. The van der Waals surface area contributed by atoms with E-state index in [1.165, 1.54) is 7.11 Å². The smallest absolute Gasteiger partial charge is 0.335 e. The predicted molar refractivity (Wildman–Crippen MR) is 102 cm³/mol. The summed E-state index contributed by atoms with van der Waals surface area (Å²) in [6.45, 7) is 1.13. The van der Waals surface area contributed by atoms with Crippen molar-refractivity contribution in [3.63, 3.8) is 0 Å². The maximum Gasteiger partial charge on any atom is 0.335 e. The van der Waals surface area contributed by atoms with E-state index in [9.17, 15) is 35.4 Å². The Balaban J connectivity index is 1.40. The molecule has 4 saturated heterocycles. The molecule has 4 fully saturated rings. The highest BCUT2D eigenvalue weighted by Crippen LogP contribution is 2.39. The Morgan fingerprint density at radius 2 is 1.44 bits per heavy atom. The number of aliphatic hydroxyl groups is 6. The van der Waals surface area contributed by atoms with E-state index in [4.69, 9.17) is 38.3 Å². The first-order valence-corrected chi connectivity index (χ1v) is 10.8. The van der Waals surface area contributed by atoms with Crippen LogP contribution < -0.4 is 0 Å². The SMILES string of the molecule is COC1[C@H]2OC2O[C@H](C)[C@H]1O[C@H]1OC(CO[C@H]2OC(C(=O)O)[C@@H](O)C(O)C2O)[C@@H](O)C(O)C1O. The summed E-state index contributed by atoms with van der Waals surface area (Å²) in [7, 11) is 1.45. The van der Waals surface area contributed by atoms with Gasteiger partial charge in [0.2, 0.25) is 0 Å². The number of fused-ring (bicyclic) bond motifs is 1. The van der Waals surface area contributed by atoms with E-state index < -0.39 is 98.6 Å². The number of carboxylic acids is 1. The molecule has 4 aliphatic heterocycles. The number of hydrogen-bond donors (Lipinski definition) is 7. The quantitative estimate of drug-likeness (QED) is 0.164. The minimum Gasteiger partial charge on any atom is -0.479 e. The molecule has 4 rings (SSSR count). The van der Waals surface area contributed by atoms with Gasteiger partial charge >= 0.3 is 5.97 Å². The van der Waals surface area contributed by atoms with Crippen molar-refractivity contribution in [2.24, 2.45) is 0 Å². The standard InChI is InChI=1S/C19H30O15/c1-4-12(14(28-2)15-19(30-4)34-15)32-18-11(25)7(21)6(20)5(31-18)3-29-17-10(24)8(22)9(23)13(33-17)16(26)27/h4-15,17-25H,3H2,1-2H3,(H,26,27)/t4-,5?,6-,7?,8?,9+,10?,11?,12-,13?,14?,15-,17+,18-,19?/m1/s1. The number of carboxylic acid groups (broad SMARTS) is 1. The number of epoxide rings is 1. The second kappa shape index (κ2) is 10.1. The van der Waals surface area contributed by atoms with Crippen LogP contribution in [-0.4, -0.2) is 148 Å². The van der Waals surface area contributed by atoms with Gasteiger partial charge in [-0.25, -0.2) is 4.79 Å². The zero-order valence-corrected chi connectivity index (χ0v) is 18.3. The van der Waals surface area contributed by atoms with Crippen molar-refractivity contribution in [1.82, 2.24) is 0 Å². The zero-order valence-electron chi connectivity index (χ0n) is 18.3. The Labute approximate surface area is 193 Å². The Hall–Kier alpha value is -1.05. The molecule has 7 N–H and O–H groups in total. The molecule has 34 heavy (non-hydrogen) atoms. The van der Waals surface area contributed by atoms with Gasteiger partial charge in [-0.3, -0.25) is 0 Å². The number of aliphatic hydroxyl groups excluding tert-OH is 6. The molecule has 196 valence electrons. The number of aliphatic carboxylic acids is 1. The third kappa shape index (κ3) is 4.81. The Morgan fingerprint density at radius 1 is 0.794 bits per heavy atom. The Kier molecular flexibility index (Phi) is 7.76. The van der Waals surface area contributed by atoms with Gasteiger partial charge in [0.25, 0.3) is 0 Å². The highest BCUT2D eigenvalue weighted by Gasteiger charge is 2.58. The fourth-order valence-electron chi connectivity index (χ4n) is 4.35. The summed E-state index contributed by atoms with van der Waals surface area (Å²) >= 11 is 0. The molecule has 4 aliphatic rings. The summed E-state index contributed by atoms with van der Waals surface area (Å²) in [6.07, 6.45) is -19.6. The number of hydrogen-bond acceptors (Lipinski definition) is 14. The van der Waals surface area contributed by atoms with Gasteiger partial charge < -0.3 is 68.9 Å². The van der Waals surface area contributed by atoms with Crippen LogP contribution in [-0.2, 0) is 38.0 Å². The van der Waals surface area contributed by atoms with Gasteiger partial charge in [0.05, 0.1) is 12.7 Å². The van der Waals surface area contributed by atoms with Gasteiger partial charge in [-0.2, -0.15) is 0 Å². The highest BCUT2D eigenvalue weighted by atomic mass is 16.8. The minimum absolute atomic E-state index is 0.365. The maximum absolute atomic E-state index is 11.2. The molecule has 0 aromatic rings. The van der Waals surface area contributed by atoms with E-state index in [1.54, 1.807) is 6.92 Å². The van der Waals surface area contributed by atoms with E-state index in [2.05, 4.69) is 0 Å². The van der Waals surface area contributed by atoms with Crippen LogP contribution in [0.2, 0.25) is 0 Å². The molecular weight excluding hydrogens is 468 g/mol. The number of carbonyl (C=O) groups is 1. The van der Waals surface area contributed by atoms with Gasteiger partial charge in [-0.15, -0.1) is 0 Å². The number of rotatable bonds is 7. The lowest BCUT2D eigenvalue weighted by Gasteiger charge is -2.44. The zero-order chi connectivity index (χ0) is 24.9. The molecule has 0 radical (unpaired) electrons. The normalized spacial score (nSPS) is 53.2. The highest BCUT2D eigenvalue weighted by molar-refractivity contribution is 5.73. The first-order chi connectivity index (χ1) is 16.0. The number of ether oxygens (including phenoxy) is 7. The summed E-state index contributed by atoms with van der Waals surface area (Å²) in [5, 5.41) is 69.9. The summed E-state index contributed by atoms with van der Waals surface area (Å²) in [5.41, 5.74) is 0. The molecule has 0 bridgehead atoms. The third-order valence-corrected chi connectivity index (χ3v) is 6.41. The molecule has 15 atom stereocenters. The molecule has 8 unspecified atom stereocenters. The van der Waals surface area contributed by atoms with Crippen LogP contribution in [0.25, 0.3) is 0 Å². The summed E-state index contributed by atoms with van der Waals surface area (Å²) in [6, 6.07) is 0. The second-order valence-corrected chi connectivity index (χ2v) is 8.69. The average molecular weight is 498 g/mol. The fourth-order valence-corrected chi connectivity index (χ4v) is 4.35. The van der Waals surface area contributed by atoms with Crippen LogP contribution in [0.5, 0.6) is 0 Å². The molecule has 0 amide bonds. The van der Waals surface area contributed by atoms with Crippen molar-refractivity contribution in [3.8, 4) is 0 Å². The molecule has 15 nitrogen and oxygen atoms in total. The van der Waals surface area contributed by atoms with Crippen LogP contribution in [0.4, 0.5) is 0 Å². The Bertz CT molecular complexity index is 724. The lowest BCUT2D eigenvalue weighted by molar-refractivity contribution is -0.342. The van der Waals surface area contributed by atoms with Crippen molar-refractivity contribution in [2.75, 3.05) is 13.7 Å². The summed E-state index contributed by atoms with van der Waals surface area (Å²) in [5.74, 6) is -1.59. The molecule has 0 saturated carbocycles. The molecule has 4 heterocycles. The van der Waals surface area contributed by atoms with E-state index in [-0.39, 0.29) is 6.10 Å². The monoisotopic (exact) mass is 498 g/mol. The predicted octanol–water partition coefficient (Wildman–Crippen LogP) is -4.75. The van der Waals surface area contributed by atoms with Crippen molar-refractivity contribution >= 4 is 5.97 Å². The molecule has 15 heteroatoms. The second-order valence-electron chi connectivity index (χ2n) is 8.69. The summed E-state index contributed by atoms with van der Waals surface area (Å²) in [4.78, 5) is 11.2. The lowest BCUT2D eigenvalue weighted by Crippen LogP contribution is -2.63. The van der Waals surface area contributed by atoms with Crippen LogP contribution >= 0.6 is 0 Å². The average Bonchev–Trinajstić information content (AvgIpc) is 3.56. The van der Waals surface area contributed by atoms with Crippen LogP contribution in [0.15, 0.2) is 0 Å². The van der Waals surface area contributed by atoms with Crippen molar-refractivity contribution in [2.45, 2.75) is 99.0 Å². The van der Waals surface area contributed by atoms with Crippen LogP contribution in [0, 0.1) is 0 Å². The maximum atomic E-state index is 11.2. The van der Waals surface area contributed by atoms with Crippen molar-refractivity contribution < 1.29 is 73.7 Å². The summed E-state index contributed by atoms with van der Waals surface area (Å²) < 4.78 is 38.1. The third-order valence-electron chi connectivity index (χ3n) is 6.41. The van der Waals surface area contributed by atoms with E-state index in [0.29, 0.717) is 0 Å². The molecule has 0 aromatic heterocycles. The molecule has 0 aromatic carbocycles. The first-order valence-electron chi connectivity index (χ1n) is 10.8. The first kappa shape index (κ1) is 26.0. The largest absolute Gasteiger partial charge is 0.479 e.